The molecule has 0 spiro atoms. The monoisotopic (exact) mass is 501 g/mol. The van der Waals surface area contributed by atoms with Crippen LogP contribution in [0.15, 0.2) is 41.3 Å². The van der Waals surface area contributed by atoms with Crippen LogP contribution in [0.3, 0.4) is 0 Å². The second kappa shape index (κ2) is 11.7. The SMILES string of the molecule is COc1cc(C(F)(F)F)cc(SC)c1C(=O)CC1(c2cccc(F)c2)CCCN(C)C1.O=CO. The Bertz CT molecular complexity index is 990. The lowest BCUT2D eigenvalue weighted by Gasteiger charge is -2.42. The summed E-state index contributed by atoms with van der Waals surface area (Å²) in [6.45, 7) is 1.17. The molecule has 1 aliphatic heterocycles. The van der Waals surface area contributed by atoms with Crippen LogP contribution >= 0.6 is 11.8 Å². The van der Waals surface area contributed by atoms with Crippen LogP contribution < -0.4 is 4.74 Å². The molecule has 0 aromatic heterocycles. The number of ether oxygens (including phenoxy) is 1. The van der Waals surface area contributed by atoms with Crippen molar-refractivity contribution in [3.05, 3.63) is 58.9 Å². The van der Waals surface area contributed by atoms with Crippen molar-refractivity contribution in [1.82, 2.24) is 4.90 Å². The molecule has 34 heavy (non-hydrogen) atoms. The zero-order valence-electron chi connectivity index (χ0n) is 19.1. The third kappa shape index (κ3) is 6.50. The van der Waals surface area contributed by atoms with Gasteiger partial charge in [0.2, 0.25) is 0 Å². The van der Waals surface area contributed by atoms with E-state index in [9.17, 15) is 22.4 Å². The predicted molar refractivity (Wildman–Crippen MR) is 122 cm³/mol. The van der Waals surface area contributed by atoms with Crippen molar-refractivity contribution in [1.29, 1.82) is 0 Å². The average molecular weight is 502 g/mol. The van der Waals surface area contributed by atoms with Gasteiger partial charge in [0.05, 0.1) is 18.2 Å². The molecule has 1 heterocycles. The fourth-order valence-corrected chi connectivity index (χ4v) is 5.07. The van der Waals surface area contributed by atoms with Crippen molar-refractivity contribution < 1.29 is 37.0 Å². The summed E-state index contributed by atoms with van der Waals surface area (Å²) in [5, 5.41) is 6.89. The summed E-state index contributed by atoms with van der Waals surface area (Å²) in [6.07, 6.45) is -1.35. The summed E-state index contributed by atoms with van der Waals surface area (Å²) in [4.78, 5) is 24.2. The highest BCUT2D eigenvalue weighted by atomic mass is 32.2. The van der Waals surface area contributed by atoms with Crippen LogP contribution in [0.25, 0.3) is 0 Å². The van der Waals surface area contributed by atoms with E-state index in [1.807, 2.05) is 13.1 Å². The first kappa shape index (κ1) is 27.7. The van der Waals surface area contributed by atoms with Crippen molar-refractivity contribution in [3.8, 4) is 5.75 Å². The summed E-state index contributed by atoms with van der Waals surface area (Å²) in [6, 6.07) is 8.10. The molecule has 3 rings (SSSR count). The number of likely N-dealkylation sites (N-methyl/N-ethyl adjacent to an activating group) is 1. The second-order valence-electron chi connectivity index (χ2n) is 8.09. The zero-order chi connectivity index (χ0) is 25.5. The van der Waals surface area contributed by atoms with Crippen molar-refractivity contribution in [2.45, 2.75) is 35.7 Å². The van der Waals surface area contributed by atoms with E-state index in [2.05, 4.69) is 4.90 Å². The number of hydrogen-bond acceptors (Lipinski definition) is 5. The van der Waals surface area contributed by atoms with Crippen molar-refractivity contribution in [3.63, 3.8) is 0 Å². The molecule has 1 atom stereocenters. The minimum atomic E-state index is -4.55. The molecule has 0 saturated carbocycles. The van der Waals surface area contributed by atoms with E-state index in [1.54, 1.807) is 12.3 Å². The van der Waals surface area contributed by atoms with Crippen molar-refractivity contribution in [2.24, 2.45) is 0 Å². The highest BCUT2D eigenvalue weighted by Gasteiger charge is 2.40. The highest BCUT2D eigenvalue weighted by molar-refractivity contribution is 7.98. The van der Waals surface area contributed by atoms with Gasteiger partial charge in [-0.3, -0.25) is 9.59 Å². The summed E-state index contributed by atoms with van der Waals surface area (Å²) in [5.41, 5.74) is -0.617. The zero-order valence-corrected chi connectivity index (χ0v) is 19.9. The first-order valence-corrected chi connectivity index (χ1v) is 11.6. The van der Waals surface area contributed by atoms with E-state index in [1.165, 1.54) is 19.2 Å². The van der Waals surface area contributed by atoms with Gasteiger partial charge in [0, 0.05) is 23.3 Å². The number of halogens is 4. The number of methoxy groups -OCH3 is 1. The molecule has 2 aromatic rings. The molecule has 10 heteroatoms. The van der Waals surface area contributed by atoms with Crippen LogP contribution in [0.4, 0.5) is 17.6 Å². The molecule has 1 aliphatic rings. The number of hydrogen-bond donors (Lipinski definition) is 1. The number of thioether (sulfide) groups is 1. The lowest BCUT2D eigenvalue weighted by atomic mass is 9.70. The largest absolute Gasteiger partial charge is 0.496 e. The highest BCUT2D eigenvalue weighted by Crippen LogP contribution is 2.42. The fraction of sp³-hybridized carbons (Fsp3) is 0.417. The average Bonchev–Trinajstić information content (AvgIpc) is 2.78. The van der Waals surface area contributed by atoms with E-state index in [0.717, 1.165) is 42.4 Å². The van der Waals surface area contributed by atoms with Crippen LogP contribution in [-0.2, 0) is 16.4 Å². The van der Waals surface area contributed by atoms with Crippen molar-refractivity contribution in [2.75, 3.05) is 33.5 Å². The maximum absolute atomic E-state index is 14.0. The molecule has 0 radical (unpaired) electrons. The van der Waals surface area contributed by atoms with Gasteiger partial charge in [-0.15, -0.1) is 11.8 Å². The van der Waals surface area contributed by atoms with Gasteiger partial charge >= 0.3 is 6.18 Å². The smallest absolute Gasteiger partial charge is 0.416 e. The first-order valence-electron chi connectivity index (χ1n) is 10.4. The van der Waals surface area contributed by atoms with E-state index < -0.39 is 17.2 Å². The topological polar surface area (TPSA) is 66.8 Å². The van der Waals surface area contributed by atoms with E-state index >= 15 is 0 Å². The van der Waals surface area contributed by atoms with Crippen LogP contribution in [0.1, 0.15) is 40.7 Å². The molecule has 186 valence electrons. The first-order chi connectivity index (χ1) is 16.0. The normalized spacial score (nSPS) is 18.6. The molecule has 1 fully saturated rings. The number of likely N-dealkylation sites (tertiary alicyclic amines) is 1. The van der Waals surface area contributed by atoms with Gasteiger partial charge in [-0.25, -0.2) is 4.39 Å². The Labute approximate surface area is 200 Å². The Hall–Kier alpha value is -2.59. The Morgan fingerprint density at radius 3 is 2.50 bits per heavy atom. The number of piperidine rings is 1. The number of nitrogens with zero attached hydrogens (tertiary/aromatic N) is 1. The third-order valence-corrected chi connectivity index (χ3v) is 6.58. The quantitative estimate of drug-likeness (QED) is 0.244. The molecule has 2 aromatic carbocycles. The number of carbonyl (C=O) groups excluding carboxylic acids is 1. The molecule has 0 amide bonds. The van der Waals surface area contributed by atoms with Gasteiger partial charge < -0.3 is 14.7 Å². The number of ketones is 1. The molecular weight excluding hydrogens is 474 g/mol. The van der Waals surface area contributed by atoms with Gasteiger partial charge in [0.25, 0.3) is 6.47 Å². The summed E-state index contributed by atoms with van der Waals surface area (Å²) in [7, 11) is 3.21. The van der Waals surface area contributed by atoms with Crippen LogP contribution in [0.2, 0.25) is 0 Å². The molecule has 0 aliphatic carbocycles. The molecule has 1 N–H and O–H groups in total. The number of benzene rings is 2. The Morgan fingerprint density at radius 1 is 1.29 bits per heavy atom. The maximum Gasteiger partial charge on any atom is 0.416 e. The van der Waals surface area contributed by atoms with Crippen LogP contribution in [0.5, 0.6) is 5.75 Å². The maximum atomic E-state index is 14.0. The Kier molecular flexibility index (Phi) is 9.52. The van der Waals surface area contributed by atoms with Gasteiger partial charge in [-0.05, 0) is 62.5 Å². The third-order valence-electron chi connectivity index (χ3n) is 5.82. The summed E-state index contributed by atoms with van der Waals surface area (Å²) >= 11 is 1.07. The fourth-order valence-electron chi connectivity index (χ4n) is 4.41. The number of carboxylic acid groups (broad SMARTS) is 1. The Morgan fingerprint density at radius 2 is 1.97 bits per heavy atom. The lowest BCUT2D eigenvalue weighted by Crippen LogP contribution is -2.45. The second-order valence-corrected chi connectivity index (χ2v) is 8.94. The summed E-state index contributed by atoms with van der Waals surface area (Å²) < 4.78 is 59.1. The molecule has 1 saturated heterocycles. The van der Waals surface area contributed by atoms with Gasteiger partial charge in [-0.1, -0.05) is 12.1 Å². The molecule has 0 bridgehead atoms. The van der Waals surface area contributed by atoms with Crippen LogP contribution in [0, 0.1) is 5.82 Å². The number of Topliss-reactive ketones (excluding diaryl/α,β-unsaturated/α-hetero) is 1. The standard InChI is InChI=1S/C23H25F4NO2S.CH2O2/c1-28-9-5-8-22(14-28,15-6-4-7-17(24)10-15)13-18(29)21-19(30-2)11-16(23(25,26)27)12-20(21)31-3;2-1-3/h4,6-7,10-12H,5,8-9,13-14H2,1-3H3;1H,(H,2,3). The van der Waals surface area contributed by atoms with E-state index in [4.69, 9.17) is 14.6 Å². The lowest BCUT2D eigenvalue weighted by molar-refractivity contribution is -0.137. The predicted octanol–water partition coefficient (Wildman–Crippen LogP) is 5.51. The molecular formula is C24H27F4NO4S. The Balaban J connectivity index is 0.00000129. The van der Waals surface area contributed by atoms with E-state index in [-0.39, 0.29) is 40.7 Å². The van der Waals surface area contributed by atoms with Gasteiger partial charge in [0.15, 0.2) is 5.78 Å². The van der Waals surface area contributed by atoms with E-state index in [0.29, 0.717) is 13.0 Å². The number of alkyl halides is 3. The number of rotatable bonds is 6. The molecule has 1 unspecified atom stereocenters. The minimum Gasteiger partial charge on any atom is -0.496 e. The molecule has 5 nitrogen and oxygen atoms in total. The number of carbonyl (C=O) groups is 2. The summed E-state index contributed by atoms with van der Waals surface area (Å²) in [5.74, 6) is -0.785. The van der Waals surface area contributed by atoms with Gasteiger partial charge in [0.1, 0.15) is 11.6 Å². The van der Waals surface area contributed by atoms with Gasteiger partial charge in [-0.2, -0.15) is 13.2 Å². The van der Waals surface area contributed by atoms with Crippen molar-refractivity contribution >= 4 is 24.0 Å². The van der Waals surface area contributed by atoms with Crippen LogP contribution in [-0.4, -0.2) is 55.8 Å². The minimum absolute atomic E-state index is 0.0517.